The Morgan fingerprint density at radius 3 is 2.37 bits per heavy atom. The van der Waals surface area contributed by atoms with E-state index in [9.17, 15) is 13.2 Å². The van der Waals surface area contributed by atoms with Crippen molar-refractivity contribution in [3.05, 3.63) is 35.4 Å². The van der Waals surface area contributed by atoms with Gasteiger partial charge in [-0.05, 0) is 24.6 Å². The maximum Gasteiger partial charge on any atom is 0.251 e. The molecule has 0 saturated heterocycles. The molecule has 1 amide bonds. The predicted octanol–water partition coefficient (Wildman–Crippen LogP) is -0.186. The molecule has 1 aromatic carbocycles. The van der Waals surface area contributed by atoms with E-state index in [2.05, 4.69) is 10.0 Å². The van der Waals surface area contributed by atoms with Crippen molar-refractivity contribution in [1.29, 1.82) is 0 Å². The summed E-state index contributed by atoms with van der Waals surface area (Å²) in [6.45, 7) is 2.42. The Labute approximate surface area is 113 Å². The molecule has 0 aliphatic rings. The van der Waals surface area contributed by atoms with E-state index in [0.717, 1.165) is 5.56 Å². The standard InChI is InChI=1S/C12H19N3O3S/c1-2-19(17,18)15-8-7-14-12(16)11-5-3-10(9-13)4-6-11/h3-6,15H,2,7-9,13H2,1H3,(H,14,16). The second-order valence-corrected chi connectivity index (χ2v) is 6.05. The lowest BCUT2D eigenvalue weighted by Crippen LogP contribution is -2.35. The van der Waals surface area contributed by atoms with Gasteiger partial charge in [0.15, 0.2) is 0 Å². The minimum atomic E-state index is -3.21. The summed E-state index contributed by atoms with van der Waals surface area (Å²) in [7, 11) is -3.21. The van der Waals surface area contributed by atoms with Gasteiger partial charge in [-0.1, -0.05) is 12.1 Å². The summed E-state index contributed by atoms with van der Waals surface area (Å²) in [6.07, 6.45) is 0. The fraction of sp³-hybridized carbons (Fsp3) is 0.417. The van der Waals surface area contributed by atoms with E-state index >= 15 is 0 Å². The fourth-order valence-electron chi connectivity index (χ4n) is 1.38. The van der Waals surface area contributed by atoms with Crippen LogP contribution in [0.4, 0.5) is 0 Å². The SMILES string of the molecule is CCS(=O)(=O)NCCNC(=O)c1ccc(CN)cc1. The first-order chi connectivity index (χ1) is 8.98. The van der Waals surface area contributed by atoms with E-state index in [-0.39, 0.29) is 24.7 Å². The van der Waals surface area contributed by atoms with Crippen molar-refractivity contribution in [2.24, 2.45) is 5.73 Å². The summed E-state index contributed by atoms with van der Waals surface area (Å²) in [5, 5.41) is 2.64. The number of nitrogens with one attached hydrogen (secondary N) is 2. The Bertz CT molecular complexity index is 512. The van der Waals surface area contributed by atoms with Gasteiger partial charge in [0, 0.05) is 25.2 Å². The van der Waals surface area contributed by atoms with Crippen molar-refractivity contribution < 1.29 is 13.2 Å². The van der Waals surface area contributed by atoms with Gasteiger partial charge in [0.2, 0.25) is 10.0 Å². The molecule has 0 atom stereocenters. The van der Waals surface area contributed by atoms with Crippen LogP contribution in [-0.2, 0) is 16.6 Å². The van der Waals surface area contributed by atoms with Gasteiger partial charge in [0.25, 0.3) is 5.91 Å². The van der Waals surface area contributed by atoms with Crippen LogP contribution in [0.5, 0.6) is 0 Å². The van der Waals surface area contributed by atoms with E-state index in [0.29, 0.717) is 12.1 Å². The average Bonchev–Trinajstić information content (AvgIpc) is 2.43. The Morgan fingerprint density at radius 1 is 1.21 bits per heavy atom. The molecule has 0 aliphatic carbocycles. The molecule has 0 unspecified atom stereocenters. The first kappa shape index (κ1) is 15.6. The van der Waals surface area contributed by atoms with Crippen LogP contribution in [0.1, 0.15) is 22.8 Å². The third-order valence-electron chi connectivity index (χ3n) is 2.56. The fourth-order valence-corrected chi connectivity index (χ4v) is 2.00. The number of benzene rings is 1. The highest BCUT2D eigenvalue weighted by Gasteiger charge is 2.07. The summed E-state index contributed by atoms with van der Waals surface area (Å²) in [6, 6.07) is 6.95. The quantitative estimate of drug-likeness (QED) is 0.605. The highest BCUT2D eigenvalue weighted by Crippen LogP contribution is 2.03. The molecular weight excluding hydrogens is 266 g/mol. The van der Waals surface area contributed by atoms with Gasteiger partial charge >= 0.3 is 0 Å². The second-order valence-electron chi connectivity index (χ2n) is 3.95. The highest BCUT2D eigenvalue weighted by molar-refractivity contribution is 7.89. The Morgan fingerprint density at radius 2 is 1.84 bits per heavy atom. The number of nitrogens with two attached hydrogens (primary N) is 1. The van der Waals surface area contributed by atoms with Crippen LogP contribution in [0.3, 0.4) is 0 Å². The average molecular weight is 285 g/mol. The zero-order valence-corrected chi connectivity index (χ0v) is 11.7. The summed E-state index contributed by atoms with van der Waals surface area (Å²) < 4.78 is 24.7. The second kappa shape index (κ2) is 7.22. The zero-order chi connectivity index (χ0) is 14.3. The Kier molecular flexibility index (Phi) is 5.94. The first-order valence-electron chi connectivity index (χ1n) is 6.03. The van der Waals surface area contributed by atoms with Crippen LogP contribution in [0.25, 0.3) is 0 Å². The molecule has 0 fully saturated rings. The zero-order valence-electron chi connectivity index (χ0n) is 10.8. The smallest absolute Gasteiger partial charge is 0.251 e. The molecule has 0 saturated carbocycles. The molecule has 1 aromatic rings. The van der Waals surface area contributed by atoms with Crippen molar-refractivity contribution in [3.63, 3.8) is 0 Å². The molecule has 0 heterocycles. The van der Waals surface area contributed by atoms with Crippen molar-refractivity contribution in [2.75, 3.05) is 18.8 Å². The normalized spacial score (nSPS) is 11.3. The molecule has 19 heavy (non-hydrogen) atoms. The van der Waals surface area contributed by atoms with E-state index in [1.807, 2.05) is 0 Å². The predicted molar refractivity (Wildman–Crippen MR) is 74.1 cm³/mol. The summed E-state index contributed by atoms with van der Waals surface area (Å²) >= 11 is 0. The maximum atomic E-state index is 11.7. The van der Waals surface area contributed by atoms with Gasteiger partial charge in [-0.25, -0.2) is 13.1 Å². The molecule has 0 aromatic heterocycles. The third kappa shape index (κ3) is 5.37. The largest absolute Gasteiger partial charge is 0.351 e. The van der Waals surface area contributed by atoms with Crippen LogP contribution in [-0.4, -0.2) is 33.2 Å². The Balaban J connectivity index is 2.39. The van der Waals surface area contributed by atoms with E-state index in [4.69, 9.17) is 5.73 Å². The van der Waals surface area contributed by atoms with Gasteiger partial charge < -0.3 is 11.1 Å². The van der Waals surface area contributed by atoms with Crippen LogP contribution in [0.15, 0.2) is 24.3 Å². The van der Waals surface area contributed by atoms with Crippen molar-refractivity contribution in [1.82, 2.24) is 10.0 Å². The lowest BCUT2D eigenvalue weighted by molar-refractivity contribution is 0.0954. The molecule has 0 aliphatic heterocycles. The lowest BCUT2D eigenvalue weighted by Gasteiger charge is -2.07. The molecule has 6 nitrogen and oxygen atoms in total. The van der Waals surface area contributed by atoms with Crippen LogP contribution in [0.2, 0.25) is 0 Å². The van der Waals surface area contributed by atoms with Crippen LogP contribution in [0, 0.1) is 0 Å². The van der Waals surface area contributed by atoms with Gasteiger partial charge in [0.05, 0.1) is 5.75 Å². The summed E-state index contributed by atoms with van der Waals surface area (Å²) in [5.41, 5.74) is 6.94. The first-order valence-corrected chi connectivity index (χ1v) is 7.68. The van der Waals surface area contributed by atoms with Gasteiger partial charge in [0.1, 0.15) is 0 Å². The van der Waals surface area contributed by atoms with Crippen molar-refractivity contribution in [2.45, 2.75) is 13.5 Å². The number of sulfonamides is 1. The third-order valence-corrected chi connectivity index (χ3v) is 3.97. The summed E-state index contributed by atoms with van der Waals surface area (Å²) in [5.74, 6) is -0.208. The number of carbonyl (C=O) groups is 1. The molecule has 1 rings (SSSR count). The number of hydrogen-bond donors (Lipinski definition) is 3. The number of carbonyl (C=O) groups excluding carboxylic acids is 1. The molecule has 0 spiro atoms. The molecule has 0 radical (unpaired) electrons. The number of hydrogen-bond acceptors (Lipinski definition) is 4. The topological polar surface area (TPSA) is 101 Å². The molecule has 0 bridgehead atoms. The van der Waals surface area contributed by atoms with Crippen molar-refractivity contribution >= 4 is 15.9 Å². The van der Waals surface area contributed by atoms with Crippen LogP contribution < -0.4 is 15.8 Å². The van der Waals surface area contributed by atoms with Gasteiger partial charge in [-0.3, -0.25) is 4.79 Å². The van der Waals surface area contributed by atoms with E-state index in [1.165, 1.54) is 0 Å². The summed E-state index contributed by atoms with van der Waals surface area (Å²) in [4.78, 5) is 11.7. The number of amides is 1. The molecule has 7 heteroatoms. The van der Waals surface area contributed by atoms with Crippen molar-refractivity contribution in [3.8, 4) is 0 Å². The van der Waals surface area contributed by atoms with E-state index < -0.39 is 10.0 Å². The molecule has 106 valence electrons. The minimum absolute atomic E-state index is 0.0293. The van der Waals surface area contributed by atoms with E-state index in [1.54, 1.807) is 31.2 Å². The molecule has 4 N–H and O–H groups in total. The highest BCUT2D eigenvalue weighted by atomic mass is 32.2. The monoisotopic (exact) mass is 285 g/mol. The lowest BCUT2D eigenvalue weighted by atomic mass is 10.1. The maximum absolute atomic E-state index is 11.7. The Hall–Kier alpha value is -1.44. The van der Waals surface area contributed by atoms with Gasteiger partial charge in [-0.15, -0.1) is 0 Å². The van der Waals surface area contributed by atoms with Crippen LogP contribution >= 0.6 is 0 Å². The minimum Gasteiger partial charge on any atom is -0.351 e. The van der Waals surface area contributed by atoms with Gasteiger partial charge in [-0.2, -0.15) is 0 Å². The number of rotatable bonds is 7. The molecular formula is C12H19N3O3S.